The molecule has 0 aliphatic heterocycles. The largest absolute Gasteiger partial charge is 0.496 e. The maximum absolute atomic E-state index is 12.3. The van der Waals surface area contributed by atoms with Crippen LogP contribution < -0.4 is 10.1 Å². The first kappa shape index (κ1) is 15.1. The highest BCUT2D eigenvalue weighted by Crippen LogP contribution is 2.18. The van der Waals surface area contributed by atoms with Crippen LogP contribution in [0.15, 0.2) is 66.7 Å². The number of nitrogens with one attached hydrogen (secondary N) is 1. The quantitative estimate of drug-likeness (QED) is 0.778. The van der Waals surface area contributed by atoms with E-state index in [9.17, 15) is 4.79 Å². The predicted octanol–water partition coefficient (Wildman–Crippen LogP) is 3.82. The third-order valence-electron chi connectivity index (χ3n) is 3.88. The molecular weight excluding hydrogens is 286 g/mol. The Morgan fingerprint density at radius 1 is 0.957 bits per heavy atom. The molecule has 3 heteroatoms. The molecule has 0 bridgehead atoms. The van der Waals surface area contributed by atoms with Gasteiger partial charge in [-0.1, -0.05) is 48.5 Å². The van der Waals surface area contributed by atoms with E-state index in [4.69, 9.17) is 4.74 Å². The van der Waals surface area contributed by atoms with Gasteiger partial charge in [-0.3, -0.25) is 4.79 Å². The Labute approximate surface area is 135 Å². The van der Waals surface area contributed by atoms with Gasteiger partial charge in [-0.25, -0.2) is 0 Å². The van der Waals surface area contributed by atoms with Gasteiger partial charge in [-0.15, -0.1) is 0 Å². The molecule has 0 aromatic heterocycles. The molecule has 116 valence electrons. The van der Waals surface area contributed by atoms with Crippen LogP contribution in [0.4, 0.5) is 0 Å². The fourth-order valence-corrected chi connectivity index (χ4v) is 2.65. The van der Waals surface area contributed by atoms with Crippen molar-refractivity contribution in [1.82, 2.24) is 5.32 Å². The summed E-state index contributed by atoms with van der Waals surface area (Å²) >= 11 is 0. The molecule has 0 unspecified atom stereocenters. The zero-order valence-electron chi connectivity index (χ0n) is 13.1. The monoisotopic (exact) mass is 305 g/mol. The minimum atomic E-state index is -0.0503. The van der Waals surface area contributed by atoms with E-state index in [0.717, 1.165) is 28.5 Å². The summed E-state index contributed by atoms with van der Waals surface area (Å²) in [6.07, 6.45) is 0.739. The number of fused-ring (bicyclic) bond motifs is 1. The number of hydrogen-bond donors (Lipinski definition) is 1. The summed E-state index contributed by atoms with van der Waals surface area (Å²) in [6.45, 7) is 0.575. The second kappa shape index (κ2) is 6.97. The van der Waals surface area contributed by atoms with E-state index in [2.05, 4.69) is 5.32 Å². The first-order valence-electron chi connectivity index (χ1n) is 7.67. The van der Waals surface area contributed by atoms with Gasteiger partial charge in [-0.2, -0.15) is 0 Å². The van der Waals surface area contributed by atoms with Crippen LogP contribution in [0, 0.1) is 0 Å². The molecule has 0 heterocycles. The smallest absolute Gasteiger partial charge is 0.251 e. The second-order valence-electron chi connectivity index (χ2n) is 5.38. The van der Waals surface area contributed by atoms with Gasteiger partial charge in [0, 0.05) is 12.1 Å². The SMILES string of the molecule is COc1ccccc1CCNC(=O)c1ccc2ccccc2c1. The van der Waals surface area contributed by atoms with Crippen LogP contribution in [-0.2, 0) is 6.42 Å². The number of carbonyl (C=O) groups is 1. The molecule has 23 heavy (non-hydrogen) atoms. The Bertz CT molecular complexity index is 826. The van der Waals surface area contributed by atoms with Gasteiger partial charge in [0.05, 0.1) is 7.11 Å². The van der Waals surface area contributed by atoms with Crippen LogP contribution in [0.25, 0.3) is 10.8 Å². The fraction of sp³-hybridized carbons (Fsp3) is 0.150. The third kappa shape index (κ3) is 3.51. The minimum absolute atomic E-state index is 0.0503. The molecule has 0 fully saturated rings. The average Bonchev–Trinajstić information content (AvgIpc) is 2.61. The third-order valence-corrected chi connectivity index (χ3v) is 3.88. The molecule has 3 rings (SSSR count). The number of para-hydroxylation sites is 1. The zero-order valence-corrected chi connectivity index (χ0v) is 13.1. The molecule has 0 spiro atoms. The van der Waals surface area contributed by atoms with E-state index in [-0.39, 0.29) is 5.91 Å². The van der Waals surface area contributed by atoms with Crippen LogP contribution in [0.1, 0.15) is 15.9 Å². The van der Waals surface area contributed by atoms with E-state index in [0.29, 0.717) is 12.1 Å². The summed E-state index contributed by atoms with van der Waals surface area (Å²) in [5.41, 5.74) is 1.78. The molecule has 3 aromatic rings. The number of methoxy groups -OCH3 is 1. The lowest BCUT2D eigenvalue weighted by molar-refractivity contribution is 0.0954. The zero-order chi connectivity index (χ0) is 16.1. The van der Waals surface area contributed by atoms with Crippen LogP contribution in [0.5, 0.6) is 5.75 Å². The lowest BCUT2D eigenvalue weighted by atomic mass is 10.1. The highest BCUT2D eigenvalue weighted by atomic mass is 16.5. The van der Waals surface area contributed by atoms with Crippen molar-refractivity contribution in [2.45, 2.75) is 6.42 Å². The fourth-order valence-electron chi connectivity index (χ4n) is 2.65. The van der Waals surface area contributed by atoms with Gasteiger partial charge in [0.2, 0.25) is 0 Å². The molecule has 0 atom stereocenters. The van der Waals surface area contributed by atoms with E-state index in [1.807, 2.05) is 66.7 Å². The number of benzene rings is 3. The Morgan fingerprint density at radius 2 is 1.70 bits per heavy atom. The Morgan fingerprint density at radius 3 is 2.52 bits per heavy atom. The predicted molar refractivity (Wildman–Crippen MR) is 93.0 cm³/mol. The van der Waals surface area contributed by atoms with Gasteiger partial charge in [0.25, 0.3) is 5.91 Å². The van der Waals surface area contributed by atoms with Gasteiger partial charge in [0.1, 0.15) is 5.75 Å². The lowest BCUT2D eigenvalue weighted by Crippen LogP contribution is -2.25. The van der Waals surface area contributed by atoms with E-state index < -0.39 is 0 Å². The van der Waals surface area contributed by atoms with Crippen LogP contribution in [0.2, 0.25) is 0 Å². The molecular formula is C20H19NO2. The summed E-state index contributed by atoms with van der Waals surface area (Å²) < 4.78 is 5.32. The van der Waals surface area contributed by atoms with Crippen molar-refractivity contribution in [2.75, 3.05) is 13.7 Å². The highest BCUT2D eigenvalue weighted by molar-refractivity contribution is 5.98. The molecule has 3 aromatic carbocycles. The van der Waals surface area contributed by atoms with Gasteiger partial charge in [-0.05, 0) is 41.0 Å². The number of amides is 1. The molecule has 0 saturated heterocycles. The van der Waals surface area contributed by atoms with Gasteiger partial charge in [0.15, 0.2) is 0 Å². The first-order chi connectivity index (χ1) is 11.3. The molecule has 3 nitrogen and oxygen atoms in total. The number of rotatable bonds is 5. The second-order valence-corrected chi connectivity index (χ2v) is 5.38. The van der Waals surface area contributed by atoms with E-state index in [1.165, 1.54) is 0 Å². The molecule has 0 aliphatic rings. The molecule has 0 aliphatic carbocycles. The van der Waals surface area contributed by atoms with Gasteiger partial charge < -0.3 is 10.1 Å². The molecule has 0 radical (unpaired) electrons. The summed E-state index contributed by atoms with van der Waals surface area (Å²) in [7, 11) is 1.66. The lowest BCUT2D eigenvalue weighted by Gasteiger charge is -2.09. The first-order valence-corrected chi connectivity index (χ1v) is 7.67. The number of hydrogen-bond acceptors (Lipinski definition) is 2. The molecule has 1 N–H and O–H groups in total. The summed E-state index contributed by atoms with van der Waals surface area (Å²) in [5, 5.41) is 5.18. The maximum Gasteiger partial charge on any atom is 0.251 e. The van der Waals surface area contributed by atoms with Crippen LogP contribution >= 0.6 is 0 Å². The van der Waals surface area contributed by atoms with Gasteiger partial charge >= 0.3 is 0 Å². The minimum Gasteiger partial charge on any atom is -0.496 e. The standard InChI is InChI=1S/C20H19NO2/c1-23-19-9-5-4-7-16(19)12-13-21-20(22)18-11-10-15-6-2-3-8-17(15)14-18/h2-11,14H,12-13H2,1H3,(H,21,22). The van der Waals surface area contributed by atoms with Crippen LogP contribution in [-0.4, -0.2) is 19.6 Å². The molecule has 0 saturated carbocycles. The Kier molecular flexibility index (Phi) is 4.57. The summed E-state index contributed by atoms with van der Waals surface area (Å²) in [6, 6.07) is 21.7. The molecule has 1 amide bonds. The number of carbonyl (C=O) groups excluding carboxylic acids is 1. The maximum atomic E-state index is 12.3. The van der Waals surface area contributed by atoms with E-state index in [1.54, 1.807) is 7.11 Å². The highest BCUT2D eigenvalue weighted by Gasteiger charge is 2.07. The van der Waals surface area contributed by atoms with Crippen molar-refractivity contribution in [3.05, 3.63) is 77.9 Å². The topological polar surface area (TPSA) is 38.3 Å². The summed E-state index contributed by atoms with van der Waals surface area (Å²) in [5.74, 6) is 0.804. The van der Waals surface area contributed by atoms with Crippen molar-refractivity contribution in [3.63, 3.8) is 0 Å². The Hall–Kier alpha value is -2.81. The van der Waals surface area contributed by atoms with Crippen molar-refractivity contribution in [1.29, 1.82) is 0 Å². The average molecular weight is 305 g/mol. The summed E-state index contributed by atoms with van der Waals surface area (Å²) in [4.78, 5) is 12.3. The van der Waals surface area contributed by atoms with Crippen LogP contribution in [0.3, 0.4) is 0 Å². The number of ether oxygens (including phenoxy) is 1. The Balaban J connectivity index is 1.64. The van der Waals surface area contributed by atoms with Crippen molar-refractivity contribution in [3.8, 4) is 5.75 Å². The van der Waals surface area contributed by atoms with Crippen molar-refractivity contribution >= 4 is 16.7 Å². The van der Waals surface area contributed by atoms with Crippen molar-refractivity contribution in [2.24, 2.45) is 0 Å². The van der Waals surface area contributed by atoms with Crippen molar-refractivity contribution < 1.29 is 9.53 Å². The normalized spacial score (nSPS) is 10.5. The van der Waals surface area contributed by atoms with E-state index >= 15 is 0 Å².